The van der Waals surface area contributed by atoms with Crippen molar-refractivity contribution in [1.29, 1.82) is 0 Å². The maximum Gasteiger partial charge on any atom is 0.0575 e. The molecule has 0 atom stereocenters. The second-order valence-electron chi connectivity index (χ2n) is 6.64. The molecule has 0 unspecified atom stereocenters. The Morgan fingerprint density at radius 2 is 1.56 bits per heavy atom. The van der Waals surface area contributed by atoms with Crippen molar-refractivity contribution in [3.63, 3.8) is 0 Å². The van der Waals surface area contributed by atoms with E-state index < -0.39 is 0 Å². The molecule has 104 valence electrons. The SMILES string of the molecule is C1CCC(OCCCNC(C2CC2)C2CC2)CC1. The first kappa shape index (κ1) is 12.9. The summed E-state index contributed by atoms with van der Waals surface area (Å²) in [4.78, 5) is 0. The van der Waals surface area contributed by atoms with E-state index in [0.717, 1.165) is 24.5 Å². The van der Waals surface area contributed by atoms with Crippen LogP contribution in [0.25, 0.3) is 0 Å². The molecule has 0 spiro atoms. The molecule has 0 aromatic carbocycles. The Labute approximate surface area is 112 Å². The third kappa shape index (κ3) is 3.96. The van der Waals surface area contributed by atoms with Gasteiger partial charge in [0.25, 0.3) is 0 Å². The number of ether oxygens (including phenoxy) is 1. The maximum absolute atomic E-state index is 5.98. The summed E-state index contributed by atoms with van der Waals surface area (Å²) in [6.07, 6.45) is 14.5. The average Bonchev–Trinajstić information content (AvgIpc) is 3.29. The van der Waals surface area contributed by atoms with Crippen molar-refractivity contribution < 1.29 is 4.74 Å². The van der Waals surface area contributed by atoms with Crippen LogP contribution in [0.2, 0.25) is 0 Å². The summed E-state index contributed by atoms with van der Waals surface area (Å²) >= 11 is 0. The zero-order chi connectivity index (χ0) is 12.2. The molecule has 18 heavy (non-hydrogen) atoms. The Balaban J connectivity index is 1.23. The summed E-state index contributed by atoms with van der Waals surface area (Å²) in [6, 6.07) is 0.861. The lowest BCUT2D eigenvalue weighted by atomic mass is 9.98. The summed E-state index contributed by atoms with van der Waals surface area (Å²) in [5.41, 5.74) is 0. The van der Waals surface area contributed by atoms with Crippen molar-refractivity contribution in [2.45, 2.75) is 76.4 Å². The molecule has 0 amide bonds. The van der Waals surface area contributed by atoms with Gasteiger partial charge in [-0.1, -0.05) is 19.3 Å². The first-order chi connectivity index (χ1) is 8.93. The third-order valence-electron chi connectivity index (χ3n) is 4.87. The monoisotopic (exact) mass is 251 g/mol. The molecule has 3 fully saturated rings. The largest absolute Gasteiger partial charge is 0.378 e. The average molecular weight is 251 g/mol. The molecule has 0 aromatic rings. The summed E-state index contributed by atoms with van der Waals surface area (Å²) < 4.78 is 5.98. The zero-order valence-electron chi connectivity index (χ0n) is 11.7. The van der Waals surface area contributed by atoms with Gasteiger partial charge in [-0.3, -0.25) is 0 Å². The third-order valence-corrected chi connectivity index (χ3v) is 4.87. The predicted molar refractivity (Wildman–Crippen MR) is 74.7 cm³/mol. The van der Waals surface area contributed by atoms with Crippen LogP contribution in [-0.2, 0) is 4.74 Å². The standard InChI is InChI=1S/C16H29NO/c1-2-5-15(6-3-1)18-12-4-11-17-16(13-7-8-13)14-9-10-14/h13-17H,1-12H2. The Morgan fingerprint density at radius 3 is 2.17 bits per heavy atom. The quantitative estimate of drug-likeness (QED) is 0.667. The number of hydrogen-bond acceptors (Lipinski definition) is 2. The van der Waals surface area contributed by atoms with Gasteiger partial charge in [0.15, 0.2) is 0 Å². The zero-order valence-corrected chi connectivity index (χ0v) is 11.7. The molecule has 0 saturated heterocycles. The Morgan fingerprint density at radius 1 is 0.889 bits per heavy atom. The van der Waals surface area contributed by atoms with Crippen LogP contribution in [0.1, 0.15) is 64.2 Å². The minimum atomic E-state index is 0.585. The second kappa shape index (κ2) is 6.38. The van der Waals surface area contributed by atoms with Gasteiger partial charge in [0.2, 0.25) is 0 Å². The van der Waals surface area contributed by atoms with E-state index in [1.54, 1.807) is 0 Å². The van der Waals surface area contributed by atoms with Gasteiger partial charge in [-0.2, -0.15) is 0 Å². The van der Waals surface area contributed by atoms with Gasteiger partial charge in [-0.15, -0.1) is 0 Å². The fourth-order valence-electron chi connectivity index (χ4n) is 3.45. The van der Waals surface area contributed by atoms with Gasteiger partial charge in [0.05, 0.1) is 6.10 Å². The van der Waals surface area contributed by atoms with E-state index in [1.165, 1.54) is 70.8 Å². The molecular weight excluding hydrogens is 222 g/mol. The molecule has 2 heteroatoms. The Bertz CT molecular complexity index is 229. The molecule has 3 aliphatic carbocycles. The lowest BCUT2D eigenvalue weighted by Crippen LogP contribution is -2.34. The van der Waals surface area contributed by atoms with Crippen molar-refractivity contribution in [1.82, 2.24) is 5.32 Å². The van der Waals surface area contributed by atoms with Gasteiger partial charge in [-0.25, -0.2) is 0 Å². The number of nitrogens with one attached hydrogen (secondary N) is 1. The van der Waals surface area contributed by atoms with Crippen molar-refractivity contribution in [3.05, 3.63) is 0 Å². The minimum Gasteiger partial charge on any atom is -0.378 e. The summed E-state index contributed by atoms with van der Waals surface area (Å²) in [6.45, 7) is 2.14. The molecule has 1 N–H and O–H groups in total. The number of rotatable bonds is 8. The smallest absolute Gasteiger partial charge is 0.0575 e. The predicted octanol–water partition coefficient (Wildman–Crippen LogP) is 3.50. The first-order valence-electron chi connectivity index (χ1n) is 8.28. The summed E-state index contributed by atoms with van der Waals surface area (Å²) in [5.74, 6) is 2.05. The topological polar surface area (TPSA) is 21.3 Å². The lowest BCUT2D eigenvalue weighted by molar-refractivity contribution is 0.0269. The molecule has 0 aromatic heterocycles. The second-order valence-corrected chi connectivity index (χ2v) is 6.64. The van der Waals surface area contributed by atoms with E-state index in [0.29, 0.717) is 6.10 Å². The van der Waals surface area contributed by atoms with Gasteiger partial charge >= 0.3 is 0 Å². The minimum absolute atomic E-state index is 0.585. The van der Waals surface area contributed by atoms with Crippen LogP contribution >= 0.6 is 0 Å². The Kier molecular flexibility index (Phi) is 4.58. The lowest BCUT2D eigenvalue weighted by Gasteiger charge is -2.22. The van der Waals surface area contributed by atoms with Crippen LogP contribution in [0.3, 0.4) is 0 Å². The van der Waals surface area contributed by atoms with E-state index in [-0.39, 0.29) is 0 Å². The van der Waals surface area contributed by atoms with E-state index in [2.05, 4.69) is 5.32 Å². The van der Waals surface area contributed by atoms with Crippen LogP contribution in [-0.4, -0.2) is 25.3 Å². The Hall–Kier alpha value is -0.0800. The fraction of sp³-hybridized carbons (Fsp3) is 1.00. The fourth-order valence-corrected chi connectivity index (χ4v) is 3.45. The van der Waals surface area contributed by atoms with Crippen molar-refractivity contribution in [2.75, 3.05) is 13.2 Å². The van der Waals surface area contributed by atoms with Gasteiger partial charge in [0, 0.05) is 12.6 Å². The van der Waals surface area contributed by atoms with Crippen LogP contribution in [0, 0.1) is 11.8 Å². The highest BCUT2D eigenvalue weighted by molar-refractivity contribution is 4.96. The van der Waals surface area contributed by atoms with Crippen LogP contribution in [0.4, 0.5) is 0 Å². The molecule has 3 rings (SSSR count). The van der Waals surface area contributed by atoms with E-state index >= 15 is 0 Å². The highest BCUT2D eigenvalue weighted by Crippen LogP contribution is 2.44. The van der Waals surface area contributed by atoms with Crippen LogP contribution < -0.4 is 5.32 Å². The summed E-state index contributed by atoms with van der Waals surface area (Å²) in [7, 11) is 0. The molecule has 3 saturated carbocycles. The highest BCUT2D eigenvalue weighted by Gasteiger charge is 2.40. The number of hydrogen-bond donors (Lipinski definition) is 1. The van der Waals surface area contributed by atoms with Crippen LogP contribution in [0.15, 0.2) is 0 Å². The van der Waals surface area contributed by atoms with Gasteiger partial charge in [0.1, 0.15) is 0 Å². The van der Waals surface area contributed by atoms with Gasteiger partial charge in [-0.05, 0) is 63.3 Å². The van der Waals surface area contributed by atoms with Gasteiger partial charge < -0.3 is 10.1 Å². The molecule has 0 heterocycles. The molecule has 0 bridgehead atoms. The first-order valence-corrected chi connectivity index (χ1v) is 8.28. The van der Waals surface area contributed by atoms with Crippen molar-refractivity contribution in [2.24, 2.45) is 11.8 Å². The van der Waals surface area contributed by atoms with Crippen molar-refractivity contribution in [3.8, 4) is 0 Å². The molecule has 0 radical (unpaired) electrons. The van der Waals surface area contributed by atoms with Crippen molar-refractivity contribution >= 4 is 0 Å². The summed E-state index contributed by atoms with van der Waals surface area (Å²) in [5, 5.41) is 3.80. The van der Waals surface area contributed by atoms with E-state index in [1.807, 2.05) is 0 Å². The normalized spacial score (nSPS) is 25.8. The molecule has 3 aliphatic rings. The highest BCUT2D eigenvalue weighted by atomic mass is 16.5. The maximum atomic E-state index is 5.98. The molecular formula is C16H29NO. The van der Waals surface area contributed by atoms with E-state index in [4.69, 9.17) is 4.74 Å². The van der Waals surface area contributed by atoms with E-state index in [9.17, 15) is 0 Å². The molecule has 0 aliphatic heterocycles. The molecule has 2 nitrogen and oxygen atoms in total. The van der Waals surface area contributed by atoms with Crippen LogP contribution in [0.5, 0.6) is 0 Å².